The zero-order chi connectivity index (χ0) is 11.4. The number of nitrogens with zero attached hydrogens (tertiary/aromatic N) is 1. The molecule has 82 valence electrons. The fourth-order valence-electron chi connectivity index (χ4n) is 0.908. The summed E-state index contributed by atoms with van der Waals surface area (Å²) in [7, 11) is -3.75. The van der Waals surface area contributed by atoms with Gasteiger partial charge < -0.3 is 5.11 Å². The minimum absolute atomic E-state index is 0.135. The molecular formula is C8H15NO4S. The second-order valence-corrected chi connectivity index (χ2v) is 5.02. The van der Waals surface area contributed by atoms with E-state index in [4.69, 9.17) is 5.11 Å². The van der Waals surface area contributed by atoms with Crippen molar-refractivity contribution >= 4 is 16.0 Å². The van der Waals surface area contributed by atoms with Crippen LogP contribution in [0.5, 0.6) is 0 Å². The Hall–Kier alpha value is -0.880. The van der Waals surface area contributed by atoms with E-state index in [1.807, 2.05) is 0 Å². The van der Waals surface area contributed by atoms with Crippen LogP contribution in [0.4, 0.5) is 0 Å². The molecule has 0 saturated carbocycles. The number of likely N-dealkylation sites (N-methyl/N-ethyl adjacent to an activating group) is 1. The molecule has 0 amide bonds. The predicted molar refractivity (Wildman–Crippen MR) is 53.5 cm³/mol. The predicted octanol–water partition coefficient (Wildman–Crippen LogP) is 0.297. The zero-order valence-corrected chi connectivity index (χ0v) is 9.12. The lowest BCUT2D eigenvalue weighted by Crippen LogP contribution is -2.41. The summed E-state index contributed by atoms with van der Waals surface area (Å²) in [6, 6.07) is 0. The van der Waals surface area contributed by atoms with Crippen LogP contribution >= 0.6 is 0 Å². The number of hydrogen-bond donors (Lipinski definition) is 1. The van der Waals surface area contributed by atoms with Crippen molar-refractivity contribution in [2.45, 2.75) is 19.1 Å². The Balaban J connectivity index is 4.91. The van der Waals surface area contributed by atoms with Crippen LogP contribution in [0.15, 0.2) is 12.7 Å². The van der Waals surface area contributed by atoms with Crippen LogP contribution in [0.3, 0.4) is 0 Å². The molecule has 0 aliphatic carbocycles. The summed E-state index contributed by atoms with van der Waals surface area (Å²) in [4.78, 5) is 10.5. The van der Waals surface area contributed by atoms with Gasteiger partial charge in [-0.1, -0.05) is 13.0 Å². The van der Waals surface area contributed by atoms with E-state index < -0.39 is 21.2 Å². The summed E-state index contributed by atoms with van der Waals surface area (Å²) < 4.78 is 24.3. The Morgan fingerprint density at radius 3 is 2.43 bits per heavy atom. The Kier molecular flexibility index (Phi) is 4.79. The number of carbonyl (C=O) groups is 1. The number of sulfonamides is 1. The maximum Gasteiger partial charge on any atom is 0.323 e. The molecular weight excluding hydrogens is 206 g/mol. The van der Waals surface area contributed by atoms with Crippen molar-refractivity contribution < 1.29 is 18.3 Å². The molecule has 1 N–H and O–H groups in total. The van der Waals surface area contributed by atoms with Crippen molar-refractivity contribution in [1.82, 2.24) is 4.31 Å². The highest BCUT2D eigenvalue weighted by Crippen LogP contribution is 2.08. The van der Waals surface area contributed by atoms with Gasteiger partial charge in [0.05, 0.1) is 0 Å². The highest BCUT2D eigenvalue weighted by atomic mass is 32.2. The van der Waals surface area contributed by atoms with E-state index in [1.54, 1.807) is 6.92 Å². The van der Waals surface area contributed by atoms with Crippen LogP contribution in [0.25, 0.3) is 0 Å². The van der Waals surface area contributed by atoms with Gasteiger partial charge in [0.25, 0.3) is 0 Å². The van der Waals surface area contributed by atoms with Crippen molar-refractivity contribution in [1.29, 1.82) is 0 Å². The largest absolute Gasteiger partial charge is 0.480 e. The van der Waals surface area contributed by atoms with Crippen LogP contribution in [-0.2, 0) is 14.8 Å². The van der Waals surface area contributed by atoms with Gasteiger partial charge in [0.1, 0.15) is 0 Å². The number of carboxylic acid groups (broad SMARTS) is 1. The second-order valence-electron chi connectivity index (χ2n) is 2.76. The average molecular weight is 221 g/mol. The number of rotatable bonds is 6. The van der Waals surface area contributed by atoms with Crippen LogP contribution in [0, 0.1) is 0 Å². The van der Waals surface area contributed by atoms with Crippen molar-refractivity contribution in [3.05, 3.63) is 12.7 Å². The van der Waals surface area contributed by atoms with Gasteiger partial charge >= 0.3 is 5.97 Å². The molecule has 0 aromatic rings. The van der Waals surface area contributed by atoms with Gasteiger partial charge in [-0.2, -0.15) is 4.31 Å². The van der Waals surface area contributed by atoms with Gasteiger partial charge in [0, 0.05) is 13.1 Å². The molecule has 0 aromatic carbocycles. The fourth-order valence-corrected chi connectivity index (χ4v) is 2.28. The van der Waals surface area contributed by atoms with Crippen LogP contribution < -0.4 is 0 Å². The SMILES string of the molecule is C=CCN(CC)S(=O)(=O)C(C)C(=O)O. The summed E-state index contributed by atoms with van der Waals surface area (Å²) in [6.45, 7) is 6.59. The molecule has 0 aliphatic heterocycles. The lowest BCUT2D eigenvalue weighted by molar-refractivity contribution is -0.136. The Labute approximate surface area is 84.1 Å². The quantitative estimate of drug-likeness (QED) is 0.654. The highest BCUT2D eigenvalue weighted by Gasteiger charge is 2.32. The first-order chi connectivity index (χ1) is 6.37. The monoisotopic (exact) mass is 221 g/mol. The van der Waals surface area contributed by atoms with Crippen LogP contribution in [-0.4, -0.2) is 42.1 Å². The molecule has 0 bridgehead atoms. The minimum atomic E-state index is -3.75. The van der Waals surface area contributed by atoms with Crippen molar-refractivity contribution in [3.63, 3.8) is 0 Å². The third-order valence-electron chi connectivity index (χ3n) is 1.84. The molecule has 0 aliphatic rings. The molecule has 0 rings (SSSR count). The van der Waals surface area contributed by atoms with Gasteiger partial charge in [0.2, 0.25) is 10.0 Å². The summed E-state index contributed by atoms with van der Waals surface area (Å²) in [5.74, 6) is -1.34. The standard InChI is InChI=1S/C8H15NO4S/c1-4-6-9(5-2)14(12,13)7(3)8(10)11/h4,7H,1,5-6H2,2-3H3,(H,10,11). The number of aliphatic carboxylic acids is 1. The van der Waals surface area contributed by atoms with Gasteiger partial charge in [-0.25, -0.2) is 8.42 Å². The molecule has 0 aromatic heterocycles. The zero-order valence-electron chi connectivity index (χ0n) is 8.30. The molecule has 0 fully saturated rings. The summed E-state index contributed by atoms with van der Waals surface area (Å²) in [5, 5.41) is 7.18. The van der Waals surface area contributed by atoms with E-state index >= 15 is 0 Å². The first-order valence-electron chi connectivity index (χ1n) is 4.20. The van der Waals surface area contributed by atoms with Crippen LogP contribution in [0.2, 0.25) is 0 Å². The molecule has 5 nitrogen and oxygen atoms in total. The topological polar surface area (TPSA) is 74.7 Å². The summed E-state index contributed by atoms with van der Waals surface area (Å²) >= 11 is 0. The highest BCUT2D eigenvalue weighted by molar-refractivity contribution is 7.90. The van der Waals surface area contributed by atoms with Gasteiger partial charge in [0.15, 0.2) is 5.25 Å². The van der Waals surface area contributed by atoms with E-state index in [1.165, 1.54) is 6.08 Å². The molecule has 0 heterocycles. The normalized spacial score (nSPS) is 13.9. The first kappa shape index (κ1) is 13.1. The third kappa shape index (κ3) is 2.81. The molecule has 0 radical (unpaired) electrons. The maximum absolute atomic E-state index is 11.6. The number of carboxylic acids is 1. The van der Waals surface area contributed by atoms with E-state index in [2.05, 4.69) is 6.58 Å². The van der Waals surface area contributed by atoms with Crippen molar-refractivity contribution in [2.75, 3.05) is 13.1 Å². The van der Waals surface area contributed by atoms with Gasteiger partial charge in [-0.3, -0.25) is 4.79 Å². The number of hydrogen-bond acceptors (Lipinski definition) is 3. The van der Waals surface area contributed by atoms with Gasteiger partial charge in [-0.05, 0) is 6.92 Å². The van der Waals surface area contributed by atoms with E-state index in [0.717, 1.165) is 11.2 Å². The molecule has 1 atom stereocenters. The lowest BCUT2D eigenvalue weighted by atomic mass is 10.5. The molecule has 0 spiro atoms. The van der Waals surface area contributed by atoms with E-state index in [0.29, 0.717) is 0 Å². The smallest absolute Gasteiger partial charge is 0.323 e. The molecule has 1 unspecified atom stereocenters. The lowest BCUT2D eigenvalue weighted by Gasteiger charge is -2.20. The summed E-state index contributed by atoms with van der Waals surface area (Å²) in [5.41, 5.74) is 0. The van der Waals surface area contributed by atoms with Crippen LogP contribution in [0.1, 0.15) is 13.8 Å². The maximum atomic E-state index is 11.6. The van der Waals surface area contributed by atoms with E-state index in [-0.39, 0.29) is 13.1 Å². The Bertz CT molecular complexity index is 309. The van der Waals surface area contributed by atoms with Crippen molar-refractivity contribution in [3.8, 4) is 0 Å². The molecule has 14 heavy (non-hydrogen) atoms. The first-order valence-corrected chi connectivity index (χ1v) is 5.70. The summed E-state index contributed by atoms with van der Waals surface area (Å²) in [6.07, 6.45) is 1.43. The minimum Gasteiger partial charge on any atom is -0.480 e. The van der Waals surface area contributed by atoms with E-state index in [9.17, 15) is 13.2 Å². The third-order valence-corrected chi connectivity index (χ3v) is 4.06. The molecule has 6 heteroatoms. The Morgan fingerprint density at radius 2 is 2.14 bits per heavy atom. The fraction of sp³-hybridized carbons (Fsp3) is 0.625. The average Bonchev–Trinajstić information content (AvgIpc) is 2.12. The van der Waals surface area contributed by atoms with Gasteiger partial charge in [-0.15, -0.1) is 6.58 Å². The van der Waals surface area contributed by atoms with Crippen molar-refractivity contribution in [2.24, 2.45) is 0 Å². The Morgan fingerprint density at radius 1 is 1.64 bits per heavy atom. The molecule has 0 saturated heterocycles. The second kappa shape index (κ2) is 5.11.